The summed E-state index contributed by atoms with van der Waals surface area (Å²) in [5, 5.41) is 12.7. The first-order valence-corrected chi connectivity index (χ1v) is 34.0. The van der Waals surface area contributed by atoms with E-state index in [-0.39, 0.29) is 71.0 Å². The van der Waals surface area contributed by atoms with Crippen LogP contribution in [0.25, 0.3) is 68.7 Å². The lowest BCUT2D eigenvalue weighted by atomic mass is 10.2. The van der Waals surface area contributed by atoms with E-state index in [0.29, 0.717) is 84.9 Å². The van der Waals surface area contributed by atoms with Crippen molar-refractivity contribution in [3.05, 3.63) is 309 Å². The van der Waals surface area contributed by atoms with Crippen LogP contribution in [0, 0.1) is 6.92 Å². The van der Waals surface area contributed by atoms with Crippen molar-refractivity contribution in [3.63, 3.8) is 0 Å². The molecule has 8 aromatic heterocycles. The number of hydrogen-bond acceptors (Lipinski definition) is 19. The molecule has 0 atom stereocenters. The predicted molar refractivity (Wildman–Crippen MR) is 406 cm³/mol. The maximum Gasteiger partial charge on any atom is 0.274 e. The third kappa shape index (κ3) is 17.6. The van der Waals surface area contributed by atoms with E-state index < -0.39 is 0 Å². The Morgan fingerprint density at radius 3 is 1.05 bits per heavy atom. The number of nitrogens with zero attached hydrogens (tertiary/aromatic N) is 13. The molecule has 0 spiro atoms. The van der Waals surface area contributed by atoms with Crippen molar-refractivity contribution < 1.29 is 28.4 Å². The summed E-state index contributed by atoms with van der Waals surface area (Å²) in [7, 11) is 7.07. The van der Waals surface area contributed by atoms with Gasteiger partial charge in [0.25, 0.3) is 45.3 Å². The quantitative estimate of drug-likeness (QED) is 0.0547. The summed E-state index contributed by atoms with van der Waals surface area (Å²) in [5.74, 6) is 6.93. The van der Waals surface area contributed by atoms with Gasteiger partial charge in [0.2, 0.25) is 0 Å². The van der Waals surface area contributed by atoms with E-state index in [9.17, 15) is 19.2 Å². The third-order valence-electron chi connectivity index (χ3n) is 15.9. The molecule has 0 fully saturated rings. The van der Waals surface area contributed by atoms with E-state index in [1.54, 1.807) is 44.6 Å². The molecular weight excluding hydrogens is 1430 g/mol. The average Bonchev–Trinajstić information content (AvgIpc) is 1.68. The van der Waals surface area contributed by atoms with Crippen LogP contribution >= 0.6 is 34.8 Å². The molecule has 0 aliphatic heterocycles. The maximum absolute atomic E-state index is 12.4. The molecule has 8 heterocycles. The Balaban J connectivity index is 0.000000126. The highest BCUT2D eigenvalue weighted by molar-refractivity contribution is 6.44. The molecule has 0 saturated heterocycles. The summed E-state index contributed by atoms with van der Waals surface area (Å²) >= 11 is 18.2. The molecule has 107 heavy (non-hydrogen) atoms. The van der Waals surface area contributed by atoms with Gasteiger partial charge >= 0.3 is 0 Å². The van der Waals surface area contributed by atoms with Crippen LogP contribution in [-0.2, 0) is 26.4 Å². The summed E-state index contributed by atoms with van der Waals surface area (Å²) in [6, 6.07) is 67.7. The number of rotatable bonds is 19. The van der Waals surface area contributed by atoms with Crippen LogP contribution in [0.5, 0.6) is 34.5 Å². The van der Waals surface area contributed by atoms with Crippen molar-refractivity contribution in [2.75, 3.05) is 33.2 Å². The highest BCUT2D eigenvalue weighted by Crippen LogP contribution is 2.38. The fourth-order valence-electron chi connectivity index (χ4n) is 10.5. The van der Waals surface area contributed by atoms with E-state index in [0.717, 1.165) is 45.0 Å². The zero-order valence-corrected chi connectivity index (χ0v) is 60.0. The van der Waals surface area contributed by atoms with Gasteiger partial charge in [0.05, 0.1) is 47.0 Å². The number of aromatic nitrogens is 16. The number of fused-ring (bicyclic) bond motifs is 4. The molecule has 0 aliphatic carbocycles. The molecule has 538 valence electrons. The average molecular weight is 1490 g/mol. The first kappa shape index (κ1) is 72.0. The van der Waals surface area contributed by atoms with Gasteiger partial charge in [-0.25, -0.2) is 19.9 Å². The lowest BCUT2D eigenvalue weighted by Gasteiger charge is -2.13. The molecule has 16 aromatic rings. The van der Waals surface area contributed by atoms with E-state index in [2.05, 4.69) is 60.3 Å². The number of nitrogens with one attached hydrogen (secondary N) is 4. The molecule has 4 N–H and O–H groups in total. The molecule has 0 bridgehead atoms. The van der Waals surface area contributed by atoms with Crippen molar-refractivity contribution >= 4 is 63.6 Å². The highest BCUT2D eigenvalue weighted by atomic mass is 35.5. The SMILES string of the molecule is CN(C)c1cccc(OCc2cc(=O)n3[nH]c(-c4ccccc4)nc3n2)c1.COc1cc(OC)cc(OCc2cc(=O)n3[nH]c(-c4ccccc4)nc3n2)c1.Cc1ccc(OCc2cc(=O)n3[nH]c(-c4ccccc4)nc3n2)cc1.O=c1cc(COc2c(Cl)ccc(Cl)c2Cl)nc2nc(-c3ccccc3)[nH]n12. The molecule has 16 rings (SSSR count). The molecule has 0 unspecified atom stereocenters. The Morgan fingerprint density at radius 2 is 0.682 bits per heavy atom. The molecule has 0 saturated carbocycles. The molecule has 0 amide bonds. The normalized spacial score (nSPS) is 10.9. The third-order valence-corrected chi connectivity index (χ3v) is 17.0. The van der Waals surface area contributed by atoms with E-state index >= 15 is 0 Å². The second kappa shape index (κ2) is 33.0. The van der Waals surface area contributed by atoms with Gasteiger partial charge in [-0.2, -0.15) is 38.0 Å². The van der Waals surface area contributed by atoms with Crippen LogP contribution < -0.4 is 55.6 Å². The zero-order chi connectivity index (χ0) is 74.5. The van der Waals surface area contributed by atoms with Crippen LogP contribution in [0.1, 0.15) is 28.3 Å². The van der Waals surface area contributed by atoms with Gasteiger partial charge in [-0.1, -0.05) is 180 Å². The Kier molecular flexibility index (Phi) is 22.2. The highest BCUT2D eigenvalue weighted by Gasteiger charge is 2.18. The Bertz CT molecular complexity index is 6010. The standard InChI is InChI=1S/C20H19N5O2.C20H18N4O4.C19H16N4O2.C18H11Cl3N4O2/c1-24(2)16-9-6-10-17(12-16)27-13-15-11-18(26)25-20(21-15)22-19(23-25)14-7-4-3-5-8-14;1-26-15-9-16(27-2)11-17(10-15)28-12-14-8-18(25)24-20(21-14)22-19(23-24)13-6-4-3-5-7-13;1-13-7-9-16(10-8-13)25-12-15-11-17(24)23-19(20-15)21-18(22-23)14-5-3-2-4-6-14;19-12-6-7-13(20)16(15(12)21)27-9-11-8-14(26)25-18(22-11)23-17(24-25)10-4-2-1-3-5-10/h3-12H,13H2,1-2H3,(H,21,22,23);3-11H,12H2,1-2H3,(H,21,22,23);2-11H,12H2,1H3,(H,20,21,22);1-8H,9H2,(H,22,23,24). The van der Waals surface area contributed by atoms with E-state index in [1.165, 1.54) is 42.3 Å². The van der Waals surface area contributed by atoms with Crippen LogP contribution in [0.4, 0.5) is 5.69 Å². The van der Waals surface area contributed by atoms with E-state index in [4.69, 9.17) is 63.2 Å². The molecule has 8 aromatic carbocycles. The number of anilines is 1. The van der Waals surface area contributed by atoms with Crippen LogP contribution in [-0.4, -0.2) is 107 Å². The summed E-state index contributed by atoms with van der Waals surface area (Å²) in [6.45, 7) is 2.51. The van der Waals surface area contributed by atoms with Crippen molar-refractivity contribution in [3.8, 4) is 80.0 Å². The number of aromatic amines is 4. The number of ether oxygens (including phenoxy) is 6. The van der Waals surface area contributed by atoms with Crippen molar-refractivity contribution in [1.29, 1.82) is 0 Å². The number of methoxy groups -OCH3 is 2. The van der Waals surface area contributed by atoms with Gasteiger partial charge in [0, 0.05) is 90.6 Å². The first-order chi connectivity index (χ1) is 52.0. The van der Waals surface area contributed by atoms with E-state index in [1.807, 2.05) is 196 Å². The van der Waals surface area contributed by atoms with Crippen LogP contribution in [0.2, 0.25) is 15.1 Å². The lowest BCUT2D eigenvalue weighted by molar-refractivity contribution is 0.296. The van der Waals surface area contributed by atoms with Gasteiger partial charge in [-0.3, -0.25) is 39.6 Å². The summed E-state index contributed by atoms with van der Waals surface area (Å²) in [6.07, 6.45) is 0. The van der Waals surface area contributed by atoms with Crippen molar-refractivity contribution in [1.82, 2.24) is 78.3 Å². The molecule has 0 aliphatic rings. The van der Waals surface area contributed by atoms with Gasteiger partial charge in [0.15, 0.2) is 29.0 Å². The van der Waals surface area contributed by atoms with Crippen LogP contribution in [0.3, 0.4) is 0 Å². The van der Waals surface area contributed by atoms with Gasteiger partial charge in [-0.05, 0) is 43.3 Å². The monoisotopic (exact) mass is 1490 g/mol. The number of H-pyrrole nitrogens is 4. The smallest absolute Gasteiger partial charge is 0.274 e. The summed E-state index contributed by atoms with van der Waals surface area (Å²) in [4.78, 5) is 86.7. The predicted octanol–water partition coefficient (Wildman–Crippen LogP) is 13.0. The Hall–Kier alpha value is -13.4. The van der Waals surface area contributed by atoms with Gasteiger partial charge in [-0.15, -0.1) is 0 Å². The minimum Gasteiger partial charge on any atom is -0.496 e. The van der Waals surface area contributed by atoms with Gasteiger partial charge < -0.3 is 33.3 Å². The zero-order valence-electron chi connectivity index (χ0n) is 57.7. The molecule has 30 heteroatoms. The van der Waals surface area contributed by atoms with Crippen LogP contribution in [0.15, 0.2) is 244 Å². The van der Waals surface area contributed by atoms with Crippen molar-refractivity contribution in [2.24, 2.45) is 0 Å². The largest absolute Gasteiger partial charge is 0.496 e. The summed E-state index contributed by atoms with van der Waals surface area (Å²) < 4.78 is 38.6. The lowest BCUT2D eigenvalue weighted by Crippen LogP contribution is -2.16. The topological polar surface area (TPSA) is 311 Å². The molecular formula is C77H64Cl3N17O10. The minimum atomic E-state index is -0.309. The number of hydrogen-bond donors (Lipinski definition) is 4. The summed E-state index contributed by atoms with van der Waals surface area (Å²) in [5.41, 5.74) is 6.60. The first-order valence-electron chi connectivity index (χ1n) is 32.9. The second-order valence-electron chi connectivity index (χ2n) is 23.7. The Morgan fingerprint density at radius 1 is 0.346 bits per heavy atom. The Labute approximate surface area is 622 Å². The van der Waals surface area contributed by atoms with Crippen molar-refractivity contribution in [2.45, 2.75) is 33.4 Å². The fraction of sp³-hybridized carbons (Fsp3) is 0.117. The number of benzene rings is 8. The fourth-order valence-corrected chi connectivity index (χ4v) is 11.1. The number of aryl methyl sites for hydroxylation is 1. The van der Waals surface area contributed by atoms with Gasteiger partial charge in [0.1, 0.15) is 60.2 Å². The second-order valence-corrected chi connectivity index (χ2v) is 24.9. The molecule has 27 nitrogen and oxygen atoms in total. The minimum absolute atomic E-state index is 0.0148. The molecule has 0 radical (unpaired) electrons. The maximum atomic E-state index is 12.4. The number of halogens is 3.